The molecule has 114 valence electrons. The minimum absolute atomic E-state index is 0.113. The van der Waals surface area contributed by atoms with Gasteiger partial charge in [0.1, 0.15) is 18.3 Å². The summed E-state index contributed by atoms with van der Waals surface area (Å²) in [5.41, 5.74) is 0.944. The fourth-order valence-corrected chi connectivity index (χ4v) is 2.60. The van der Waals surface area contributed by atoms with Gasteiger partial charge in [-0.15, -0.1) is 0 Å². The Kier molecular flexibility index (Phi) is 4.32. The van der Waals surface area contributed by atoms with Crippen molar-refractivity contribution in [3.8, 4) is 0 Å². The first kappa shape index (κ1) is 14.6. The Morgan fingerprint density at radius 1 is 1.29 bits per heavy atom. The lowest BCUT2D eigenvalue weighted by molar-refractivity contribution is -0.314. The van der Waals surface area contributed by atoms with Gasteiger partial charge in [0.15, 0.2) is 12.6 Å². The maximum atomic E-state index is 13.2. The number of fused-ring (bicyclic) bond motifs is 1. The molecule has 21 heavy (non-hydrogen) atoms. The molecule has 2 aliphatic rings. The standard InChI is InChI=1S/C15H17FO5/c1-18-15-12(17)10(7-16)13-11(20-15)8-19-14(21-13)9-5-3-2-4-6-9/h2-7,11-15,17H,8H2,1H3/b10-7+/t11-,12-,13+,14-,15+/m1/s1. The van der Waals surface area contributed by atoms with Gasteiger partial charge in [0, 0.05) is 18.2 Å². The molecule has 3 rings (SSSR count). The van der Waals surface area contributed by atoms with Gasteiger partial charge in [-0.3, -0.25) is 0 Å². The van der Waals surface area contributed by atoms with Crippen molar-refractivity contribution in [2.45, 2.75) is 30.9 Å². The summed E-state index contributed by atoms with van der Waals surface area (Å²) in [7, 11) is 1.39. The zero-order chi connectivity index (χ0) is 14.8. The largest absolute Gasteiger partial charge is 0.383 e. The number of rotatable bonds is 2. The van der Waals surface area contributed by atoms with E-state index in [4.69, 9.17) is 18.9 Å². The number of hydrogen-bond acceptors (Lipinski definition) is 5. The normalized spacial score (nSPS) is 38.2. The smallest absolute Gasteiger partial charge is 0.187 e. The summed E-state index contributed by atoms with van der Waals surface area (Å²) in [4.78, 5) is 0. The molecule has 0 spiro atoms. The lowest BCUT2D eigenvalue weighted by Gasteiger charge is -2.44. The number of halogens is 1. The SMILES string of the molecule is CO[C@H]1O[C@@H]2CO[C@@H](c3ccccc3)O[C@H]2/C(=C/F)[C@H]1O. The van der Waals surface area contributed by atoms with E-state index in [-0.39, 0.29) is 12.2 Å². The van der Waals surface area contributed by atoms with Gasteiger partial charge in [-0.05, 0) is 0 Å². The molecule has 0 aromatic heterocycles. The first-order valence-electron chi connectivity index (χ1n) is 6.73. The monoisotopic (exact) mass is 296 g/mol. The molecule has 2 fully saturated rings. The van der Waals surface area contributed by atoms with E-state index < -0.39 is 30.9 Å². The Balaban J connectivity index is 1.81. The maximum Gasteiger partial charge on any atom is 0.187 e. The average Bonchev–Trinajstić information content (AvgIpc) is 2.54. The van der Waals surface area contributed by atoms with Crippen molar-refractivity contribution in [3.63, 3.8) is 0 Å². The fraction of sp³-hybridized carbons (Fsp3) is 0.467. The summed E-state index contributed by atoms with van der Waals surface area (Å²) < 4.78 is 35.1. The van der Waals surface area contributed by atoms with E-state index in [1.165, 1.54) is 7.11 Å². The summed E-state index contributed by atoms with van der Waals surface area (Å²) in [5.74, 6) is 0. The van der Waals surface area contributed by atoms with Crippen molar-refractivity contribution in [3.05, 3.63) is 47.8 Å². The molecule has 1 N–H and O–H groups in total. The molecule has 1 aromatic rings. The minimum Gasteiger partial charge on any atom is -0.383 e. The molecule has 2 heterocycles. The summed E-state index contributed by atoms with van der Waals surface area (Å²) >= 11 is 0. The van der Waals surface area contributed by atoms with Crippen LogP contribution in [0.25, 0.3) is 0 Å². The highest BCUT2D eigenvalue weighted by Gasteiger charge is 2.46. The van der Waals surface area contributed by atoms with E-state index in [2.05, 4.69) is 0 Å². The molecule has 5 atom stereocenters. The van der Waals surface area contributed by atoms with Gasteiger partial charge in [0.05, 0.1) is 12.9 Å². The minimum atomic E-state index is -1.20. The molecule has 0 amide bonds. The van der Waals surface area contributed by atoms with Crippen LogP contribution in [0.5, 0.6) is 0 Å². The van der Waals surface area contributed by atoms with Crippen molar-refractivity contribution >= 4 is 0 Å². The van der Waals surface area contributed by atoms with Crippen LogP contribution in [-0.2, 0) is 18.9 Å². The Hall–Kier alpha value is -1.31. The van der Waals surface area contributed by atoms with Gasteiger partial charge in [0.2, 0.25) is 0 Å². The first-order chi connectivity index (χ1) is 10.2. The number of benzene rings is 1. The lowest BCUT2D eigenvalue weighted by Crippen LogP contribution is -2.55. The highest BCUT2D eigenvalue weighted by atomic mass is 19.1. The molecule has 0 aliphatic carbocycles. The average molecular weight is 296 g/mol. The molecule has 6 heteroatoms. The van der Waals surface area contributed by atoms with Crippen LogP contribution >= 0.6 is 0 Å². The summed E-state index contributed by atoms with van der Waals surface area (Å²) in [6.07, 6.45) is -3.58. The van der Waals surface area contributed by atoms with Gasteiger partial charge in [-0.25, -0.2) is 4.39 Å². The van der Waals surface area contributed by atoms with Gasteiger partial charge in [-0.2, -0.15) is 0 Å². The van der Waals surface area contributed by atoms with Crippen molar-refractivity contribution in [1.29, 1.82) is 0 Å². The molecule has 1 aromatic carbocycles. The zero-order valence-corrected chi connectivity index (χ0v) is 11.5. The molecule has 0 bridgehead atoms. The fourth-order valence-electron chi connectivity index (χ4n) is 2.60. The number of aliphatic hydroxyl groups is 1. The second-order valence-corrected chi connectivity index (χ2v) is 4.97. The third-order valence-corrected chi connectivity index (χ3v) is 3.69. The van der Waals surface area contributed by atoms with Crippen LogP contribution in [0, 0.1) is 0 Å². The lowest BCUT2D eigenvalue weighted by atomic mass is 9.96. The summed E-state index contributed by atoms with van der Waals surface area (Å²) in [6, 6.07) is 9.35. The number of ether oxygens (including phenoxy) is 4. The molecular weight excluding hydrogens is 279 g/mol. The van der Waals surface area contributed by atoms with Gasteiger partial charge < -0.3 is 24.1 Å². The molecule has 0 unspecified atom stereocenters. The van der Waals surface area contributed by atoms with E-state index in [9.17, 15) is 9.50 Å². The van der Waals surface area contributed by atoms with Gasteiger partial charge >= 0.3 is 0 Å². The number of aliphatic hydroxyl groups excluding tert-OH is 1. The van der Waals surface area contributed by atoms with Crippen molar-refractivity contribution in [2.24, 2.45) is 0 Å². The molecule has 5 nitrogen and oxygen atoms in total. The Labute approximate surface area is 121 Å². The summed E-state index contributed by atoms with van der Waals surface area (Å²) in [5, 5.41) is 10.0. The predicted octanol–water partition coefficient (Wildman–Crippen LogP) is 1.69. The second kappa shape index (κ2) is 6.21. The third-order valence-electron chi connectivity index (χ3n) is 3.69. The Morgan fingerprint density at radius 3 is 2.71 bits per heavy atom. The number of hydrogen-bond donors (Lipinski definition) is 1. The summed E-state index contributed by atoms with van der Waals surface area (Å²) in [6.45, 7) is 0.230. The van der Waals surface area contributed by atoms with E-state index in [0.717, 1.165) is 5.56 Å². The van der Waals surface area contributed by atoms with Crippen molar-refractivity contribution in [1.82, 2.24) is 0 Å². The molecule has 0 saturated carbocycles. The van der Waals surface area contributed by atoms with Crippen LogP contribution in [0.4, 0.5) is 4.39 Å². The zero-order valence-electron chi connectivity index (χ0n) is 11.5. The van der Waals surface area contributed by atoms with E-state index >= 15 is 0 Å². The predicted molar refractivity (Wildman–Crippen MR) is 70.9 cm³/mol. The van der Waals surface area contributed by atoms with Gasteiger partial charge in [0.25, 0.3) is 0 Å². The van der Waals surface area contributed by atoms with Crippen LogP contribution < -0.4 is 0 Å². The van der Waals surface area contributed by atoms with E-state index in [0.29, 0.717) is 6.33 Å². The highest BCUT2D eigenvalue weighted by molar-refractivity contribution is 5.21. The number of methoxy groups -OCH3 is 1. The topological polar surface area (TPSA) is 57.2 Å². The van der Waals surface area contributed by atoms with Crippen LogP contribution in [0.1, 0.15) is 11.9 Å². The van der Waals surface area contributed by atoms with Crippen molar-refractivity contribution < 1.29 is 28.4 Å². The third kappa shape index (κ3) is 2.73. The first-order valence-corrected chi connectivity index (χ1v) is 6.73. The molecule has 0 radical (unpaired) electrons. The highest BCUT2D eigenvalue weighted by Crippen LogP contribution is 2.36. The van der Waals surface area contributed by atoms with Crippen LogP contribution in [0.15, 0.2) is 42.2 Å². The van der Waals surface area contributed by atoms with Crippen LogP contribution in [0.2, 0.25) is 0 Å². The van der Waals surface area contributed by atoms with E-state index in [1.54, 1.807) is 0 Å². The van der Waals surface area contributed by atoms with Crippen LogP contribution in [0.3, 0.4) is 0 Å². The van der Waals surface area contributed by atoms with Crippen LogP contribution in [-0.4, -0.2) is 43.4 Å². The second-order valence-electron chi connectivity index (χ2n) is 4.97. The molecular formula is C15H17FO5. The Morgan fingerprint density at radius 2 is 2.05 bits per heavy atom. The molecule has 2 saturated heterocycles. The molecule has 2 aliphatic heterocycles. The van der Waals surface area contributed by atoms with E-state index in [1.807, 2.05) is 30.3 Å². The maximum absolute atomic E-state index is 13.2. The quantitative estimate of drug-likeness (QED) is 0.900. The van der Waals surface area contributed by atoms with Gasteiger partial charge in [-0.1, -0.05) is 30.3 Å². The Bertz CT molecular complexity index is 506. The van der Waals surface area contributed by atoms with Crippen molar-refractivity contribution in [2.75, 3.05) is 13.7 Å².